The number of halogens is 1. The van der Waals surface area contributed by atoms with Crippen LogP contribution in [0.5, 0.6) is 0 Å². The van der Waals surface area contributed by atoms with Gasteiger partial charge in [0.2, 0.25) is 0 Å². The molecular weight excluding hydrogens is 184 g/mol. The van der Waals surface area contributed by atoms with Crippen LogP contribution in [0, 0.1) is 0 Å². The molecule has 0 heterocycles. The zero-order valence-electron chi connectivity index (χ0n) is 7.03. The third-order valence-corrected chi connectivity index (χ3v) is 1.94. The van der Waals surface area contributed by atoms with Gasteiger partial charge in [0.1, 0.15) is 0 Å². The van der Waals surface area contributed by atoms with Crippen molar-refractivity contribution in [2.45, 2.75) is 0 Å². The maximum absolute atomic E-state index is 5.77. The Bertz CT molecular complexity index is 426. The number of benzene rings is 2. The van der Waals surface area contributed by atoms with Crippen molar-refractivity contribution >= 4 is 34.6 Å². The standard InChI is InChI=1S/C10H10N2.ClH/c11-8-4-5-9-7(6-8)2-1-3-10(9)12;/h1-6H,11-12H2;1H. The van der Waals surface area contributed by atoms with Gasteiger partial charge in [-0.25, -0.2) is 0 Å². The molecule has 0 saturated carbocycles. The fraction of sp³-hybridized carbons (Fsp3) is 0. The maximum Gasteiger partial charge on any atom is 0.0393 e. The van der Waals surface area contributed by atoms with Crippen molar-refractivity contribution in [3.05, 3.63) is 36.4 Å². The molecule has 0 aliphatic rings. The summed E-state index contributed by atoms with van der Waals surface area (Å²) in [5.74, 6) is 0. The number of hydrogen-bond acceptors (Lipinski definition) is 2. The van der Waals surface area contributed by atoms with Crippen molar-refractivity contribution in [1.29, 1.82) is 0 Å². The number of hydrogen-bond donors (Lipinski definition) is 2. The first kappa shape index (κ1) is 9.68. The summed E-state index contributed by atoms with van der Waals surface area (Å²) in [4.78, 5) is 0. The van der Waals surface area contributed by atoms with E-state index in [0.717, 1.165) is 22.1 Å². The number of nitrogen functional groups attached to an aromatic ring is 2. The summed E-state index contributed by atoms with van der Waals surface area (Å²) < 4.78 is 0. The van der Waals surface area contributed by atoms with E-state index in [1.54, 1.807) is 0 Å². The van der Waals surface area contributed by atoms with Crippen LogP contribution in [-0.2, 0) is 0 Å². The van der Waals surface area contributed by atoms with Gasteiger partial charge in [-0.2, -0.15) is 0 Å². The minimum Gasteiger partial charge on any atom is -0.399 e. The van der Waals surface area contributed by atoms with Crippen LogP contribution in [-0.4, -0.2) is 0 Å². The summed E-state index contributed by atoms with van der Waals surface area (Å²) in [5, 5.41) is 2.15. The number of anilines is 2. The molecule has 13 heavy (non-hydrogen) atoms. The molecule has 0 aliphatic heterocycles. The fourth-order valence-corrected chi connectivity index (χ4v) is 1.33. The lowest BCUT2D eigenvalue weighted by molar-refractivity contribution is 1.71. The topological polar surface area (TPSA) is 52.0 Å². The Morgan fingerprint density at radius 2 is 1.69 bits per heavy atom. The Hall–Kier alpha value is -1.41. The molecule has 2 nitrogen and oxygen atoms in total. The van der Waals surface area contributed by atoms with Gasteiger partial charge in [-0.3, -0.25) is 0 Å². The quantitative estimate of drug-likeness (QED) is 0.633. The predicted molar refractivity (Wildman–Crippen MR) is 60.0 cm³/mol. The highest BCUT2D eigenvalue weighted by molar-refractivity contribution is 5.94. The molecule has 0 aliphatic carbocycles. The van der Waals surface area contributed by atoms with Crippen molar-refractivity contribution in [2.24, 2.45) is 0 Å². The first-order chi connectivity index (χ1) is 5.77. The van der Waals surface area contributed by atoms with Crippen molar-refractivity contribution in [1.82, 2.24) is 0 Å². The largest absolute Gasteiger partial charge is 0.399 e. The summed E-state index contributed by atoms with van der Waals surface area (Å²) in [6, 6.07) is 11.5. The minimum absolute atomic E-state index is 0. The second kappa shape index (κ2) is 3.54. The summed E-state index contributed by atoms with van der Waals surface area (Å²) in [6.07, 6.45) is 0. The molecule has 0 fully saturated rings. The third-order valence-electron chi connectivity index (χ3n) is 1.94. The summed E-state index contributed by atoms with van der Waals surface area (Å²) in [7, 11) is 0. The Kier molecular flexibility index (Phi) is 2.63. The molecule has 2 aromatic carbocycles. The Labute approximate surface area is 82.9 Å². The first-order valence-electron chi connectivity index (χ1n) is 3.81. The maximum atomic E-state index is 5.77. The van der Waals surface area contributed by atoms with E-state index >= 15 is 0 Å². The molecule has 0 spiro atoms. The summed E-state index contributed by atoms with van der Waals surface area (Å²) >= 11 is 0. The van der Waals surface area contributed by atoms with Crippen LogP contribution in [0.15, 0.2) is 36.4 Å². The van der Waals surface area contributed by atoms with Crippen molar-refractivity contribution in [3.63, 3.8) is 0 Å². The third kappa shape index (κ3) is 1.68. The van der Waals surface area contributed by atoms with E-state index in [-0.39, 0.29) is 12.4 Å². The minimum atomic E-state index is 0. The Balaban J connectivity index is 0.000000845. The van der Waals surface area contributed by atoms with Gasteiger partial charge in [0, 0.05) is 16.8 Å². The SMILES string of the molecule is Cl.Nc1ccc2c(N)cccc2c1. The van der Waals surface area contributed by atoms with Crippen LogP contribution in [0.3, 0.4) is 0 Å². The molecule has 3 heteroatoms. The van der Waals surface area contributed by atoms with Crippen LogP contribution in [0.4, 0.5) is 11.4 Å². The predicted octanol–water partition coefficient (Wildman–Crippen LogP) is 2.43. The van der Waals surface area contributed by atoms with Gasteiger partial charge in [0.15, 0.2) is 0 Å². The number of nitrogens with two attached hydrogens (primary N) is 2. The molecule has 0 radical (unpaired) electrons. The van der Waals surface area contributed by atoms with Crippen LogP contribution >= 0.6 is 12.4 Å². The van der Waals surface area contributed by atoms with Gasteiger partial charge >= 0.3 is 0 Å². The first-order valence-corrected chi connectivity index (χ1v) is 3.81. The Morgan fingerprint density at radius 1 is 0.923 bits per heavy atom. The second-order valence-electron chi connectivity index (χ2n) is 2.83. The van der Waals surface area contributed by atoms with Crippen molar-refractivity contribution in [2.75, 3.05) is 11.5 Å². The smallest absolute Gasteiger partial charge is 0.0393 e. The molecule has 0 saturated heterocycles. The zero-order valence-corrected chi connectivity index (χ0v) is 7.84. The fourth-order valence-electron chi connectivity index (χ4n) is 1.33. The highest BCUT2D eigenvalue weighted by atomic mass is 35.5. The second-order valence-corrected chi connectivity index (χ2v) is 2.83. The molecule has 0 bridgehead atoms. The van der Waals surface area contributed by atoms with E-state index in [9.17, 15) is 0 Å². The molecule has 68 valence electrons. The van der Waals surface area contributed by atoms with Crippen LogP contribution in [0.25, 0.3) is 10.8 Å². The molecule has 2 rings (SSSR count). The monoisotopic (exact) mass is 194 g/mol. The lowest BCUT2D eigenvalue weighted by Gasteiger charge is -2.01. The molecular formula is C10H11ClN2. The lowest BCUT2D eigenvalue weighted by atomic mass is 10.1. The van der Waals surface area contributed by atoms with E-state index in [0.29, 0.717) is 0 Å². The van der Waals surface area contributed by atoms with Crippen LogP contribution in [0.2, 0.25) is 0 Å². The molecule has 0 aromatic heterocycles. The van der Waals surface area contributed by atoms with Gasteiger partial charge in [0.05, 0.1) is 0 Å². The lowest BCUT2D eigenvalue weighted by Crippen LogP contribution is -1.88. The van der Waals surface area contributed by atoms with E-state index in [1.807, 2.05) is 36.4 Å². The van der Waals surface area contributed by atoms with Crippen LogP contribution < -0.4 is 11.5 Å². The molecule has 0 unspecified atom stereocenters. The van der Waals surface area contributed by atoms with Gasteiger partial charge in [-0.1, -0.05) is 18.2 Å². The Morgan fingerprint density at radius 3 is 2.46 bits per heavy atom. The average molecular weight is 195 g/mol. The summed E-state index contributed by atoms with van der Waals surface area (Å²) in [5.41, 5.74) is 13.0. The van der Waals surface area contributed by atoms with Crippen LogP contribution in [0.1, 0.15) is 0 Å². The van der Waals surface area contributed by atoms with Gasteiger partial charge in [-0.15, -0.1) is 12.4 Å². The van der Waals surface area contributed by atoms with E-state index in [1.165, 1.54) is 0 Å². The van der Waals surface area contributed by atoms with E-state index in [4.69, 9.17) is 11.5 Å². The molecule has 0 atom stereocenters. The zero-order chi connectivity index (χ0) is 8.55. The van der Waals surface area contributed by atoms with Gasteiger partial charge < -0.3 is 11.5 Å². The van der Waals surface area contributed by atoms with E-state index < -0.39 is 0 Å². The highest BCUT2D eigenvalue weighted by Crippen LogP contribution is 2.22. The molecule has 0 amide bonds. The highest BCUT2D eigenvalue weighted by Gasteiger charge is 1.95. The normalized spacial score (nSPS) is 9.54. The van der Waals surface area contributed by atoms with Gasteiger partial charge in [-0.05, 0) is 23.6 Å². The number of fused-ring (bicyclic) bond motifs is 1. The number of rotatable bonds is 0. The molecule has 4 N–H and O–H groups in total. The van der Waals surface area contributed by atoms with Crippen molar-refractivity contribution < 1.29 is 0 Å². The van der Waals surface area contributed by atoms with Crippen molar-refractivity contribution in [3.8, 4) is 0 Å². The summed E-state index contributed by atoms with van der Waals surface area (Å²) in [6.45, 7) is 0. The van der Waals surface area contributed by atoms with E-state index in [2.05, 4.69) is 0 Å². The molecule has 2 aromatic rings. The average Bonchev–Trinajstić information content (AvgIpc) is 2.04. The van der Waals surface area contributed by atoms with Gasteiger partial charge in [0.25, 0.3) is 0 Å².